The summed E-state index contributed by atoms with van der Waals surface area (Å²) in [5.74, 6) is -0.772. The quantitative estimate of drug-likeness (QED) is 0.136. The normalized spacial score (nSPS) is 15.0. The molecule has 1 amide bonds. The molecule has 6 nitrogen and oxygen atoms in total. The van der Waals surface area contributed by atoms with Gasteiger partial charge < -0.3 is 14.2 Å². The van der Waals surface area contributed by atoms with Crippen LogP contribution in [0.3, 0.4) is 0 Å². The molecule has 1 saturated heterocycles. The van der Waals surface area contributed by atoms with E-state index in [4.69, 9.17) is 38.0 Å². The summed E-state index contributed by atoms with van der Waals surface area (Å²) in [7, 11) is 1.47. The first-order valence-corrected chi connectivity index (χ1v) is 14.1. The predicted molar refractivity (Wildman–Crippen MR) is 157 cm³/mol. The molecule has 11 heteroatoms. The van der Waals surface area contributed by atoms with Crippen LogP contribution in [0.15, 0.2) is 70.0 Å². The van der Waals surface area contributed by atoms with Gasteiger partial charge in [-0.15, -0.1) is 0 Å². The first-order chi connectivity index (χ1) is 18.7. The summed E-state index contributed by atoms with van der Waals surface area (Å²) >= 11 is 16.2. The third kappa shape index (κ3) is 6.46. The van der Waals surface area contributed by atoms with Gasteiger partial charge in [-0.05, 0) is 64.3 Å². The van der Waals surface area contributed by atoms with Gasteiger partial charge in [0, 0.05) is 5.56 Å². The number of hydrogen-bond donors (Lipinski definition) is 0. The molecule has 0 N–H and O–H groups in total. The molecule has 3 aromatic carbocycles. The molecular formula is C28H22BrClFNO5S2. The summed E-state index contributed by atoms with van der Waals surface area (Å²) in [4.78, 5) is 28.0. The number of amides is 1. The monoisotopic (exact) mass is 649 g/mol. The van der Waals surface area contributed by atoms with Crippen molar-refractivity contribution >= 4 is 73.8 Å². The fourth-order valence-electron chi connectivity index (χ4n) is 3.88. The van der Waals surface area contributed by atoms with Crippen molar-refractivity contribution in [2.45, 2.75) is 19.6 Å². The molecule has 39 heavy (non-hydrogen) atoms. The lowest BCUT2D eigenvalue weighted by atomic mass is 10.1. The van der Waals surface area contributed by atoms with E-state index in [1.807, 2.05) is 6.07 Å². The molecule has 1 atom stereocenters. The van der Waals surface area contributed by atoms with Gasteiger partial charge in [0.15, 0.2) is 17.5 Å². The van der Waals surface area contributed by atoms with E-state index in [0.29, 0.717) is 32.0 Å². The SMILES string of the molecule is CCOC(=O)C(c1ccccc1)N1C(=O)/C(=C\c2cc(Br)c(OCc3c(F)cccc3Cl)c(OC)c2)SC1=S. The number of rotatable bonds is 9. The predicted octanol–water partition coefficient (Wildman–Crippen LogP) is 7.33. The lowest BCUT2D eigenvalue weighted by molar-refractivity contribution is -0.151. The molecule has 1 unspecified atom stereocenters. The number of esters is 1. The molecule has 4 rings (SSSR count). The van der Waals surface area contributed by atoms with Gasteiger partial charge in [-0.1, -0.05) is 72.0 Å². The maximum Gasteiger partial charge on any atom is 0.333 e. The van der Waals surface area contributed by atoms with E-state index in [2.05, 4.69) is 15.9 Å². The van der Waals surface area contributed by atoms with Crippen molar-refractivity contribution in [2.24, 2.45) is 0 Å². The Kier molecular flexibility index (Phi) is 9.66. The second-order valence-electron chi connectivity index (χ2n) is 8.14. The molecule has 1 fully saturated rings. The second kappa shape index (κ2) is 13.0. The molecule has 1 heterocycles. The molecule has 3 aromatic rings. The number of carbonyl (C=O) groups is 2. The molecule has 1 aliphatic rings. The van der Waals surface area contributed by atoms with Gasteiger partial charge >= 0.3 is 5.97 Å². The van der Waals surface area contributed by atoms with Gasteiger partial charge in [-0.3, -0.25) is 9.69 Å². The molecule has 0 aromatic heterocycles. The number of halogens is 3. The zero-order valence-electron chi connectivity index (χ0n) is 20.8. The Labute approximate surface area is 248 Å². The highest BCUT2D eigenvalue weighted by atomic mass is 79.9. The van der Waals surface area contributed by atoms with Gasteiger partial charge in [-0.25, -0.2) is 9.18 Å². The van der Waals surface area contributed by atoms with Gasteiger partial charge in [0.2, 0.25) is 0 Å². The van der Waals surface area contributed by atoms with Crippen LogP contribution in [0.2, 0.25) is 5.02 Å². The van der Waals surface area contributed by atoms with Crippen molar-refractivity contribution in [3.8, 4) is 11.5 Å². The first kappa shape index (κ1) is 29.1. The summed E-state index contributed by atoms with van der Waals surface area (Å²) in [5.41, 5.74) is 1.42. The Balaban J connectivity index is 1.62. The number of ether oxygens (including phenoxy) is 3. The highest BCUT2D eigenvalue weighted by molar-refractivity contribution is 9.10. The minimum Gasteiger partial charge on any atom is -0.493 e. The Morgan fingerprint density at radius 1 is 1.21 bits per heavy atom. The third-order valence-corrected chi connectivity index (χ3v) is 7.95. The molecule has 0 aliphatic carbocycles. The van der Waals surface area contributed by atoms with Crippen molar-refractivity contribution < 1.29 is 28.2 Å². The van der Waals surface area contributed by atoms with E-state index >= 15 is 0 Å². The highest BCUT2D eigenvalue weighted by Crippen LogP contribution is 2.42. The van der Waals surface area contributed by atoms with E-state index in [1.54, 1.807) is 55.5 Å². The van der Waals surface area contributed by atoms with Crippen molar-refractivity contribution in [2.75, 3.05) is 13.7 Å². The van der Waals surface area contributed by atoms with Crippen LogP contribution in [0.4, 0.5) is 4.39 Å². The van der Waals surface area contributed by atoms with Crippen molar-refractivity contribution in [3.05, 3.63) is 97.6 Å². The maximum absolute atomic E-state index is 14.2. The summed E-state index contributed by atoms with van der Waals surface area (Å²) in [6.45, 7) is 1.75. The molecular weight excluding hydrogens is 629 g/mol. The number of carbonyl (C=O) groups excluding carboxylic acids is 2. The molecule has 0 bridgehead atoms. The van der Waals surface area contributed by atoms with Gasteiger partial charge in [0.05, 0.1) is 28.1 Å². The number of thiocarbonyl (C=S) groups is 1. The maximum atomic E-state index is 14.2. The summed E-state index contributed by atoms with van der Waals surface area (Å²) in [5, 5.41) is 0.250. The Hall–Kier alpha value is -2.92. The number of methoxy groups -OCH3 is 1. The summed E-state index contributed by atoms with van der Waals surface area (Å²) in [6.07, 6.45) is 1.65. The molecule has 202 valence electrons. The molecule has 0 saturated carbocycles. The standard InChI is InChI=1S/C28H22BrClFNO5S2/c1-3-36-27(34)24(17-8-5-4-6-9-17)32-26(33)23(39-28(32)38)14-16-12-19(29)25(22(13-16)35-2)37-15-18-20(30)10-7-11-21(18)31/h4-14,24H,3,15H2,1-2H3/b23-14+. The Morgan fingerprint density at radius 3 is 2.62 bits per heavy atom. The van der Waals surface area contributed by atoms with Crippen LogP contribution in [0.25, 0.3) is 6.08 Å². The smallest absolute Gasteiger partial charge is 0.333 e. The van der Waals surface area contributed by atoms with Crippen LogP contribution >= 0.6 is 51.5 Å². The Bertz CT molecular complexity index is 1430. The first-order valence-electron chi connectivity index (χ1n) is 11.7. The van der Waals surface area contributed by atoms with E-state index in [9.17, 15) is 14.0 Å². The number of hydrogen-bond acceptors (Lipinski definition) is 7. The molecule has 0 radical (unpaired) electrons. The lowest BCUT2D eigenvalue weighted by Crippen LogP contribution is -2.38. The largest absolute Gasteiger partial charge is 0.493 e. The molecule has 1 aliphatic heterocycles. The minimum absolute atomic E-state index is 0.118. The van der Waals surface area contributed by atoms with Crippen LogP contribution in [-0.4, -0.2) is 34.8 Å². The van der Waals surface area contributed by atoms with E-state index < -0.39 is 23.7 Å². The van der Waals surface area contributed by atoms with E-state index in [1.165, 1.54) is 24.1 Å². The number of thioether (sulfide) groups is 1. The lowest BCUT2D eigenvalue weighted by Gasteiger charge is -2.25. The third-order valence-electron chi connectivity index (χ3n) is 5.68. The van der Waals surface area contributed by atoms with Crippen LogP contribution in [0.5, 0.6) is 11.5 Å². The van der Waals surface area contributed by atoms with Crippen molar-refractivity contribution in [1.29, 1.82) is 0 Å². The van der Waals surface area contributed by atoms with Gasteiger partial charge in [0.25, 0.3) is 5.91 Å². The van der Waals surface area contributed by atoms with E-state index in [0.717, 1.165) is 11.8 Å². The topological polar surface area (TPSA) is 65.1 Å². The Morgan fingerprint density at radius 2 is 1.95 bits per heavy atom. The minimum atomic E-state index is -1.01. The highest BCUT2D eigenvalue weighted by Gasteiger charge is 2.42. The van der Waals surface area contributed by atoms with Crippen molar-refractivity contribution in [1.82, 2.24) is 4.90 Å². The van der Waals surface area contributed by atoms with Crippen LogP contribution < -0.4 is 9.47 Å². The number of nitrogens with zero attached hydrogens (tertiary/aromatic N) is 1. The van der Waals surface area contributed by atoms with Gasteiger partial charge in [0.1, 0.15) is 16.7 Å². The average Bonchev–Trinajstić information content (AvgIpc) is 3.17. The number of benzene rings is 3. The average molecular weight is 651 g/mol. The zero-order chi connectivity index (χ0) is 28.1. The van der Waals surface area contributed by atoms with Gasteiger partial charge in [-0.2, -0.15) is 0 Å². The van der Waals surface area contributed by atoms with Crippen LogP contribution in [-0.2, 0) is 20.9 Å². The summed E-state index contributed by atoms with van der Waals surface area (Å²) < 4.78 is 31.6. The van der Waals surface area contributed by atoms with E-state index in [-0.39, 0.29) is 28.1 Å². The molecule has 0 spiro atoms. The van der Waals surface area contributed by atoms with Crippen LogP contribution in [0, 0.1) is 5.82 Å². The van der Waals surface area contributed by atoms with Crippen LogP contribution in [0.1, 0.15) is 29.7 Å². The zero-order valence-corrected chi connectivity index (χ0v) is 24.8. The second-order valence-corrected chi connectivity index (χ2v) is 11.1. The fourth-order valence-corrected chi connectivity index (χ4v) is 5.98. The van der Waals surface area contributed by atoms with Crippen molar-refractivity contribution in [3.63, 3.8) is 0 Å². The fraction of sp³-hybridized carbons (Fsp3) is 0.179. The summed E-state index contributed by atoms with van der Waals surface area (Å²) in [6, 6.07) is 15.7.